The van der Waals surface area contributed by atoms with Crippen LogP contribution >= 0.6 is 70.4 Å². The number of benzene rings is 4. The summed E-state index contributed by atoms with van der Waals surface area (Å²) < 4.78 is 12.4. The maximum Gasteiger partial charge on any atom is 0.262 e. The van der Waals surface area contributed by atoms with Gasteiger partial charge in [-0.3, -0.25) is 10.1 Å². The van der Waals surface area contributed by atoms with E-state index in [9.17, 15) is 10.5 Å². The van der Waals surface area contributed by atoms with Crippen LogP contribution in [0.25, 0.3) is 16.3 Å². The second kappa shape index (κ2) is 20.4. The van der Waals surface area contributed by atoms with Gasteiger partial charge in [-0.05, 0) is 97.2 Å². The van der Waals surface area contributed by atoms with Crippen molar-refractivity contribution in [2.75, 3.05) is 27.9 Å². The average Bonchev–Trinajstić information content (AvgIpc) is 3.89. The van der Waals surface area contributed by atoms with E-state index >= 15 is 0 Å². The van der Waals surface area contributed by atoms with Gasteiger partial charge in [-0.15, -0.1) is 0 Å². The predicted octanol–water partition coefficient (Wildman–Crippen LogP) is 10.3. The molecule has 1 aliphatic carbocycles. The molecule has 0 amide bonds. The van der Waals surface area contributed by atoms with Crippen molar-refractivity contribution in [2.24, 2.45) is 0 Å². The summed E-state index contributed by atoms with van der Waals surface area (Å²) in [5.41, 5.74) is 7.81. The molecule has 0 atom stereocenters. The van der Waals surface area contributed by atoms with Gasteiger partial charge in [0.1, 0.15) is 4.70 Å². The minimum Gasteiger partial charge on any atom is -0.691 e. The van der Waals surface area contributed by atoms with Gasteiger partial charge in [0.25, 0.3) is 5.01 Å². The minimum atomic E-state index is 0.593. The fraction of sp³-hybridized carbons (Fsp3) is 0.195. The zero-order valence-corrected chi connectivity index (χ0v) is 34.7. The first kappa shape index (κ1) is 40.9. The normalized spacial score (nSPS) is 15.7. The molecule has 0 saturated heterocycles. The van der Waals surface area contributed by atoms with Gasteiger partial charge in [0.05, 0.1) is 16.4 Å². The Hall–Kier alpha value is -3.28. The van der Waals surface area contributed by atoms with Crippen LogP contribution in [0.2, 0.25) is 10.0 Å². The first-order valence-corrected chi connectivity index (χ1v) is 22.0. The zero-order valence-electron chi connectivity index (χ0n) is 29.9. The Kier molecular flexibility index (Phi) is 14.9. The lowest BCUT2D eigenvalue weighted by molar-refractivity contribution is -0.777. The van der Waals surface area contributed by atoms with E-state index in [2.05, 4.69) is 118 Å². The minimum absolute atomic E-state index is 0.593. The van der Waals surface area contributed by atoms with Crippen LogP contribution in [0.4, 0.5) is 17.1 Å². The number of allylic oxidation sites excluding steroid dienone is 5. The summed E-state index contributed by atoms with van der Waals surface area (Å²) in [6, 6.07) is 32.9. The van der Waals surface area contributed by atoms with Crippen molar-refractivity contribution in [3.05, 3.63) is 152 Å². The van der Waals surface area contributed by atoms with Crippen molar-refractivity contribution in [1.82, 2.24) is 0 Å². The van der Waals surface area contributed by atoms with E-state index < -0.39 is 0 Å². The highest BCUT2D eigenvalue weighted by atomic mass is 35.5. The van der Waals surface area contributed by atoms with E-state index in [0.29, 0.717) is 34.6 Å². The molecule has 1 aromatic heterocycles. The highest BCUT2D eigenvalue weighted by molar-refractivity contribution is 8.03. The van der Waals surface area contributed by atoms with Gasteiger partial charge in [0.2, 0.25) is 5.52 Å². The van der Waals surface area contributed by atoms with Crippen molar-refractivity contribution >= 4 is 104 Å². The van der Waals surface area contributed by atoms with Crippen LogP contribution in [0, 0.1) is 0 Å². The number of hydrogen-bond donors (Lipinski definition) is 0. The number of para-hydroxylation sites is 2. The third-order valence-electron chi connectivity index (χ3n) is 9.13. The number of aromatic nitrogens is 1. The number of thioether (sulfide) groups is 1. The van der Waals surface area contributed by atoms with Gasteiger partial charge in [-0.1, -0.05) is 88.8 Å². The second-order valence-electron chi connectivity index (χ2n) is 12.6. The van der Waals surface area contributed by atoms with Crippen molar-refractivity contribution < 1.29 is 33.8 Å². The molecule has 0 N–H and O–H groups in total. The quantitative estimate of drug-likeness (QED) is 0.0277. The number of fused-ring (bicyclic) bond motifs is 2. The lowest BCUT2D eigenvalue weighted by Crippen LogP contribution is -2.35. The Labute approximate surface area is 352 Å². The molecule has 0 unspecified atom stereocenters. The fourth-order valence-corrected chi connectivity index (χ4v) is 9.94. The van der Waals surface area contributed by atoms with Crippen LogP contribution in [-0.2, 0) is 25.3 Å². The molecule has 0 bridgehead atoms. The van der Waals surface area contributed by atoms with Gasteiger partial charge >= 0.3 is 0 Å². The van der Waals surface area contributed by atoms with Crippen LogP contribution < -0.4 is 24.9 Å². The van der Waals surface area contributed by atoms with Gasteiger partial charge < -0.3 is 20.3 Å². The molecule has 7 rings (SSSR count). The summed E-state index contributed by atoms with van der Waals surface area (Å²) in [5.74, 6) is 1.19. The lowest BCUT2D eigenvalue weighted by Gasteiger charge is -2.28. The third kappa shape index (κ3) is 10.0. The van der Waals surface area contributed by atoms with Crippen molar-refractivity contribution in [3.63, 3.8) is 0 Å². The van der Waals surface area contributed by atoms with E-state index in [1.807, 2.05) is 36.4 Å². The number of rotatable bonds is 18. The van der Waals surface area contributed by atoms with E-state index in [0.717, 1.165) is 97.7 Å². The molecule has 1 aliphatic heterocycles. The number of nitrogens with zero attached hydrogens (tertiary/aromatic N) is 3. The average molecular weight is 866 g/mol. The van der Waals surface area contributed by atoms with E-state index in [1.54, 1.807) is 23.1 Å². The van der Waals surface area contributed by atoms with Crippen molar-refractivity contribution in [2.45, 2.75) is 37.1 Å². The van der Waals surface area contributed by atoms with Crippen molar-refractivity contribution in [1.29, 1.82) is 0 Å². The number of halogens is 2. The second-order valence-corrected chi connectivity index (χ2v) is 17.2. The first-order valence-electron chi connectivity index (χ1n) is 17.8. The predicted molar refractivity (Wildman–Crippen MR) is 227 cm³/mol. The molecule has 290 valence electrons. The monoisotopic (exact) mass is 864 g/mol. The van der Waals surface area contributed by atoms with Crippen LogP contribution in [0.1, 0.15) is 30.7 Å². The highest BCUT2D eigenvalue weighted by Crippen LogP contribution is 2.48. The van der Waals surface area contributed by atoms with Crippen LogP contribution in [0.15, 0.2) is 142 Å². The Morgan fingerprint density at radius 2 is 1.46 bits per heavy atom. The summed E-state index contributed by atoms with van der Waals surface area (Å²) in [7, 11) is 0. The number of hydrogen-bond acceptors (Lipinski definition) is 12. The Morgan fingerprint density at radius 1 is 0.786 bits per heavy atom. The Morgan fingerprint density at radius 3 is 2.18 bits per heavy atom. The van der Waals surface area contributed by atoms with Gasteiger partial charge in [0.15, 0.2) is 6.54 Å². The molecule has 0 saturated carbocycles. The largest absolute Gasteiger partial charge is 0.691 e. The standard InChI is InChI=1S/C41H37Cl2N3O6S4/c42-31-17-19-37-35(27-31)44(23-7-25-53-51-49-47)39(55-37)21-15-29-13-14-30(41(29)46(33-9-3-1-4-10-33)34-11-5-2-6-12-34)16-22-40-45(24-8-26-54-52-50-48)36-28-32(43)18-20-38(36)56-40/h1-6,9-12,15-22,27-28H,7-8,13-14,23-26H2,(H-,47,48)/p-1. The molecule has 0 radical (unpaired) electrons. The van der Waals surface area contributed by atoms with Crippen LogP contribution in [0.3, 0.4) is 0 Å². The maximum atomic E-state index is 10.3. The topological polar surface area (TPSA) is 93.4 Å². The molecule has 0 spiro atoms. The summed E-state index contributed by atoms with van der Waals surface area (Å²) in [6.45, 7) is 1.42. The summed E-state index contributed by atoms with van der Waals surface area (Å²) >= 11 is 18.4. The van der Waals surface area contributed by atoms with Gasteiger partial charge in [0, 0.05) is 87.0 Å². The smallest absolute Gasteiger partial charge is 0.262 e. The first-order chi connectivity index (χ1) is 27.5. The zero-order chi connectivity index (χ0) is 38.7. The van der Waals surface area contributed by atoms with E-state index in [-0.39, 0.29) is 0 Å². The Balaban J connectivity index is 1.29. The number of thiazole rings is 1. The van der Waals surface area contributed by atoms with Gasteiger partial charge in [-0.25, -0.2) is 0 Å². The number of aryl methyl sites for hydroxylation is 1. The molecule has 5 aromatic rings. The fourth-order valence-electron chi connectivity index (χ4n) is 6.76. The summed E-state index contributed by atoms with van der Waals surface area (Å²) in [5, 5.41) is 31.2. The molecule has 15 heteroatoms. The van der Waals surface area contributed by atoms with E-state index in [1.165, 1.54) is 11.1 Å². The van der Waals surface area contributed by atoms with Gasteiger partial charge in [-0.2, -0.15) is 13.2 Å². The summed E-state index contributed by atoms with van der Waals surface area (Å²) in [4.78, 5) is 5.77. The molecule has 2 aliphatic rings. The molecule has 2 heterocycles. The summed E-state index contributed by atoms with van der Waals surface area (Å²) in [6.07, 6.45) is 12.2. The SMILES string of the molecule is [O-]OOSCCCN1/C(=C/C=C2\CCC(/C=C/c3sc4ccc(Cl)cc4[n+]3CCCSOO[O-])=C2N(c2ccccc2)c2ccccc2)Sc2ccc(Cl)cc21. The molecule has 4 aromatic carbocycles. The molecule has 0 fully saturated rings. The highest BCUT2D eigenvalue weighted by Gasteiger charge is 2.28. The van der Waals surface area contributed by atoms with Crippen molar-refractivity contribution in [3.8, 4) is 0 Å². The molecular weight excluding hydrogens is 830 g/mol. The molecule has 56 heavy (non-hydrogen) atoms. The van der Waals surface area contributed by atoms with Crippen LogP contribution in [-0.4, -0.2) is 18.1 Å². The number of anilines is 3. The van der Waals surface area contributed by atoms with Crippen LogP contribution in [0.5, 0.6) is 0 Å². The van der Waals surface area contributed by atoms with E-state index in [4.69, 9.17) is 23.2 Å². The molecule has 9 nitrogen and oxygen atoms in total. The molecular formula is C41H36Cl2N3O6S4-. The third-order valence-corrected chi connectivity index (χ3v) is 13.1. The Bertz CT molecular complexity index is 2200. The maximum absolute atomic E-state index is 10.3. The lowest BCUT2D eigenvalue weighted by atomic mass is 10.1.